The van der Waals surface area contributed by atoms with E-state index in [0.717, 1.165) is 15.4 Å². The lowest BCUT2D eigenvalue weighted by Crippen LogP contribution is -2.31. The number of aliphatic imine (C=N–C) groups is 1. The van der Waals surface area contributed by atoms with Gasteiger partial charge in [-0.15, -0.1) is 0 Å². The van der Waals surface area contributed by atoms with Gasteiger partial charge in [-0.2, -0.15) is 4.98 Å². The third-order valence-corrected chi connectivity index (χ3v) is 5.66. The molecule has 25 heavy (non-hydrogen) atoms. The van der Waals surface area contributed by atoms with Crippen molar-refractivity contribution in [2.24, 2.45) is 4.99 Å². The van der Waals surface area contributed by atoms with Crippen LogP contribution in [0.1, 0.15) is 11.5 Å². The van der Waals surface area contributed by atoms with Gasteiger partial charge >= 0.3 is 0 Å². The largest absolute Gasteiger partial charge is 0.337 e. The molecule has 0 fully saturated rings. The third-order valence-electron chi connectivity index (χ3n) is 3.92. The van der Waals surface area contributed by atoms with Gasteiger partial charge in [0.25, 0.3) is 10.0 Å². The smallest absolute Gasteiger partial charge is 0.267 e. The van der Waals surface area contributed by atoms with Gasteiger partial charge in [0.1, 0.15) is 17.8 Å². The number of nitrogens with zero attached hydrogens (tertiary/aromatic N) is 4. The summed E-state index contributed by atoms with van der Waals surface area (Å²) in [5.74, 6) is 0.632. The van der Waals surface area contributed by atoms with Crippen LogP contribution < -0.4 is 0 Å². The number of hydrogen-bond acceptors (Lipinski definition) is 6. The lowest BCUT2D eigenvalue weighted by atomic mass is 10.1. The predicted octanol–water partition coefficient (Wildman–Crippen LogP) is 2.91. The van der Waals surface area contributed by atoms with Gasteiger partial charge in [-0.1, -0.05) is 41.6 Å². The Morgan fingerprint density at radius 1 is 1.08 bits per heavy atom. The molecule has 8 heteroatoms. The third kappa shape index (κ3) is 2.70. The molecule has 0 N–H and O–H groups in total. The monoisotopic (exact) mass is 354 g/mol. The van der Waals surface area contributed by atoms with Crippen LogP contribution in [0.2, 0.25) is 0 Å². The average Bonchev–Trinajstić information content (AvgIpc) is 3.06. The van der Waals surface area contributed by atoms with E-state index < -0.39 is 10.0 Å². The fraction of sp³-hybridized carbons (Fsp3) is 0.118. The lowest BCUT2D eigenvalue weighted by molar-refractivity contribution is 0.355. The maximum Gasteiger partial charge on any atom is 0.267 e. The Morgan fingerprint density at radius 3 is 2.68 bits per heavy atom. The van der Waals surface area contributed by atoms with Gasteiger partial charge in [0, 0.05) is 5.56 Å². The first-order valence-corrected chi connectivity index (χ1v) is 9.03. The number of hydrogen-bond donors (Lipinski definition) is 0. The van der Waals surface area contributed by atoms with Crippen LogP contribution in [0.5, 0.6) is 0 Å². The number of benzene rings is 2. The van der Waals surface area contributed by atoms with Crippen LogP contribution in [-0.2, 0) is 16.6 Å². The molecule has 1 aliphatic rings. The number of sulfonamides is 1. The van der Waals surface area contributed by atoms with Crippen molar-refractivity contribution in [2.45, 2.75) is 18.4 Å². The molecule has 1 aliphatic heterocycles. The van der Waals surface area contributed by atoms with E-state index in [1.807, 2.05) is 31.2 Å². The Hall–Kier alpha value is -3.00. The van der Waals surface area contributed by atoms with E-state index in [1.54, 1.807) is 18.2 Å². The Balaban J connectivity index is 1.63. The van der Waals surface area contributed by atoms with Crippen LogP contribution in [0.4, 0.5) is 5.69 Å². The van der Waals surface area contributed by atoms with Gasteiger partial charge in [0.05, 0.1) is 5.69 Å². The van der Waals surface area contributed by atoms with Crippen molar-refractivity contribution in [3.05, 3.63) is 60.0 Å². The molecular formula is C17H14N4O3S. The Labute approximate surface area is 144 Å². The van der Waals surface area contributed by atoms with Gasteiger partial charge in [-0.3, -0.25) is 0 Å². The summed E-state index contributed by atoms with van der Waals surface area (Å²) >= 11 is 0. The first-order chi connectivity index (χ1) is 12.1. The number of fused-ring (bicyclic) bond motifs is 1. The highest BCUT2D eigenvalue weighted by Crippen LogP contribution is 2.30. The van der Waals surface area contributed by atoms with Crippen molar-refractivity contribution in [1.29, 1.82) is 0 Å². The zero-order chi connectivity index (χ0) is 17.4. The molecule has 4 rings (SSSR count). The molecule has 2 heterocycles. The maximum atomic E-state index is 12.7. The topological polar surface area (TPSA) is 88.7 Å². The standard InChI is InChI=1S/C17H14N4O3S/c1-12-6-2-3-7-13(12)17-19-16(24-20-17)10-21-11-18-14-8-4-5-9-15(14)25(21,22)23/h2-9,11H,10H2,1H3. The fourth-order valence-electron chi connectivity index (χ4n) is 2.61. The van der Waals surface area contributed by atoms with Gasteiger partial charge in [-0.05, 0) is 24.6 Å². The minimum Gasteiger partial charge on any atom is -0.337 e. The van der Waals surface area contributed by atoms with Gasteiger partial charge in [0.15, 0.2) is 0 Å². The molecule has 2 aromatic carbocycles. The second-order valence-electron chi connectivity index (χ2n) is 5.59. The Kier molecular flexibility index (Phi) is 3.61. The summed E-state index contributed by atoms with van der Waals surface area (Å²) in [7, 11) is -3.69. The van der Waals surface area contributed by atoms with E-state index in [-0.39, 0.29) is 17.3 Å². The van der Waals surface area contributed by atoms with Crippen LogP contribution >= 0.6 is 0 Å². The van der Waals surface area contributed by atoms with E-state index in [2.05, 4.69) is 15.1 Å². The summed E-state index contributed by atoms with van der Waals surface area (Å²) in [5, 5.41) is 3.95. The summed E-state index contributed by atoms with van der Waals surface area (Å²) in [6.07, 6.45) is 1.27. The minimum atomic E-state index is -3.69. The molecule has 0 saturated heterocycles. The second kappa shape index (κ2) is 5.82. The first-order valence-electron chi connectivity index (χ1n) is 7.59. The molecule has 0 saturated carbocycles. The van der Waals surface area contributed by atoms with Crippen molar-refractivity contribution in [3.63, 3.8) is 0 Å². The molecule has 0 radical (unpaired) electrons. The van der Waals surface area contributed by atoms with E-state index in [1.165, 1.54) is 12.4 Å². The Bertz CT molecular complexity index is 1070. The molecule has 0 amide bonds. The molecule has 0 unspecified atom stereocenters. The Morgan fingerprint density at radius 2 is 1.84 bits per heavy atom. The normalized spacial score (nSPS) is 15.2. The van der Waals surface area contributed by atoms with Crippen LogP contribution in [-0.4, -0.2) is 29.2 Å². The number of aryl methyl sites for hydroxylation is 1. The molecular weight excluding hydrogens is 340 g/mol. The molecule has 0 spiro atoms. The summed E-state index contributed by atoms with van der Waals surface area (Å²) in [6.45, 7) is 1.88. The molecule has 7 nitrogen and oxygen atoms in total. The molecule has 126 valence electrons. The van der Waals surface area contributed by atoms with Crippen molar-refractivity contribution >= 4 is 22.0 Å². The van der Waals surface area contributed by atoms with E-state index in [4.69, 9.17) is 4.52 Å². The van der Waals surface area contributed by atoms with Crippen molar-refractivity contribution in [3.8, 4) is 11.4 Å². The quantitative estimate of drug-likeness (QED) is 0.721. The van der Waals surface area contributed by atoms with Gasteiger partial charge in [0.2, 0.25) is 11.7 Å². The van der Waals surface area contributed by atoms with E-state index >= 15 is 0 Å². The molecule has 0 bridgehead atoms. The van der Waals surface area contributed by atoms with E-state index in [9.17, 15) is 8.42 Å². The highest BCUT2D eigenvalue weighted by Gasteiger charge is 2.29. The number of rotatable bonds is 3. The zero-order valence-electron chi connectivity index (χ0n) is 13.3. The maximum absolute atomic E-state index is 12.7. The number of aromatic nitrogens is 2. The zero-order valence-corrected chi connectivity index (χ0v) is 14.1. The van der Waals surface area contributed by atoms with Crippen molar-refractivity contribution in [1.82, 2.24) is 14.4 Å². The summed E-state index contributed by atoms with van der Waals surface area (Å²) in [6, 6.07) is 14.2. The highest BCUT2D eigenvalue weighted by atomic mass is 32.2. The fourth-order valence-corrected chi connectivity index (χ4v) is 3.95. The highest BCUT2D eigenvalue weighted by molar-refractivity contribution is 7.89. The first kappa shape index (κ1) is 15.5. The van der Waals surface area contributed by atoms with Crippen LogP contribution in [0, 0.1) is 6.92 Å². The van der Waals surface area contributed by atoms with Crippen molar-refractivity contribution < 1.29 is 12.9 Å². The minimum absolute atomic E-state index is 0.0704. The molecule has 1 aromatic heterocycles. The molecule has 3 aromatic rings. The van der Waals surface area contributed by atoms with Gasteiger partial charge in [-0.25, -0.2) is 17.7 Å². The van der Waals surface area contributed by atoms with E-state index in [0.29, 0.717) is 11.5 Å². The molecule has 0 atom stereocenters. The average molecular weight is 354 g/mol. The van der Waals surface area contributed by atoms with Crippen LogP contribution in [0.25, 0.3) is 11.4 Å². The van der Waals surface area contributed by atoms with Crippen LogP contribution in [0.15, 0.2) is 62.9 Å². The van der Waals surface area contributed by atoms with Crippen molar-refractivity contribution in [2.75, 3.05) is 0 Å². The number of para-hydroxylation sites is 1. The summed E-state index contributed by atoms with van der Waals surface area (Å²) < 4.78 is 31.7. The second-order valence-corrected chi connectivity index (χ2v) is 7.45. The lowest BCUT2D eigenvalue weighted by Gasteiger charge is -2.22. The predicted molar refractivity (Wildman–Crippen MR) is 91.8 cm³/mol. The van der Waals surface area contributed by atoms with Gasteiger partial charge < -0.3 is 4.52 Å². The summed E-state index contributed by atoms with van der Waals surface area (Å²) in [5.41, 5.74) is 2.28. The summed E-state index contributed by atoms with van der Waals surface area (Å²) in [4.78, 5) is 8.65. The SMILES string of the molecule is Cc1ccccc1-c1noc(CN2C=Nc3ccccc3S2(=O)=O)n1. The van der Waals surface area contributed by atoms with Crippen LogP contribution in [0.3, 0.4) is 0 Å². The molecule has 0 aliphatic carbocycles.